The second-order valence-electron chi connectivity index (χ2n) is 7.30. The van der Waals surface area contributed by atoms with Gasteiger partial charge in [-0.05, 0) is 30.2 Å². The highest BCUT2D eigenvalue weighted by Gasteiger charge is 2.39. The normalized spacial score (nSPS) is 15.9. The highest BCUT2D eigenvalue weighted by molar-refractivity contribution is 9.11. The smallest absolute Gasteiger partial charge is 0.374 e. The Morgan fingerprint density at radius 3 is 2.21 bits per heavy atom. The first-order valence-electron chi connectivity index (χ1n) is 10.7. The van der Waals surface area contributed by atoms with Crippen LogP contribution in [-0.2, 0) is 23.8 Å². The van der Waals surface area contributed by atoms with Gasteiger partial charge in [-0.25, -0.2) is 9.59 Å². The van der Waals surface area contributed by atoms with Gasteiger partial charge < -0.3 is 14.2 Å². The van der Waals surface area contributed by atoms with Gasteiger partial charge in [-0.3, -0.25) is 0 Å². The van der Waals surface area contributed by atoms with Gasteiger partial charge in [0.1, 0.15) is 5.57 Å². The number of hydrogen-bond acceptors (Lipinski definition) is 5. The van der Waals surface area contributed by atoms with Gasteiger partial charge in [0.2, 0.25) is 5.76 Å². The van der Waals surface area contributed by atoms with E-state index in [1.165, 1.54) is 0 Å². The van der Waals surface area contributed by atoms with Crippen molar-refractivity contribution in [3.63, 3.8) is 0 Å². The minimum Gasteiger partial charge on any atom is -0.472 e. The second-order valence-corrected chi connectivity index (χ2v) is 8.15. The summed E-state index contributed by atoms with van der Waals surface area (Å²) in [5, 5.41) is 2.02. The van der Waals surface area contributed by atoms with Gasteiger partial charge in [0.15, 0.2) is 6.10 Å². The first-order valence-corrected chi connectivity index (χ1v) is 11.5. The molecule has 1 heterocycles. The standard InChI is InChI=1S/C27H23BrO5/c1-3-31-26(29)22-21(18-12-6-5-7-13-18)23(28)24(33-25(22)27(30)32-4-2)20-16-10-14-17-11-8-9-15-19(17)20/h5-16,24H,3-4H2,1-2H3. The van der Waals surface area contributed by atoms with Crippen LogP contribution in [-0.4, -0.2) is 25.2 Å². The van der Waals surface area contributed by atoms with Crippen LogP contribution in [0.1, 0.15) is 31.1 Å². The number of rotatable bonds is 6. The Morgan fingerprint density at radius 2 is 1.48 bits per heavy atom. The van der Waals surface area contributed by atoms with Crippen molar-refractivity contribution < 1.29 is 23.8 Å². The lowest BCUT2D eigenvalue weighted by molar-refractivity contribution is -0.146. The molecule has 0 aliphatic carbocycles. The molecule has 0 N–H and O–H groups in total. The molecule has 0 aromatic heterocycles. The predicted octanol–water partition coefficient (Wildman–Crippen LogP) is 6.10. The number of ether oxygens (including phenoxy) is 3. The number of hydrogen-bond donors (Lipinski definition) is 0. The molecule has 1 aliphatic rings. The predicted molar refractivity (Wildman–Crippen MR) is 130 cm³/mol. The molecule has 0 fully saturated rings. The Labute approximate surface area is 200 Å². The van der Waals surface area contributed by atoms with Crippen LogP contribution in [0.3, 0.4) is 0 Å². The van der Waals surface area contributed by atoms with Crippen molar-refractivity contribution in [3.05, 3.63) is 99.7 Å². The number of benzene rings is 3. The first kappa shape index (κ1) is 22.8. The van der Waals surface area contributed by atoms with E-state index in [0.717, 1.165) is 21.9 Å². The molecular weight excluding hydrogens is 484 g/mol. The Bertz CT molecular complexity index is 1250. The minimum atomic E-state index is -0.709. The fourth-order valence-corrected chi connectivity index (χ4v) is 4.67. The highest BCUT2D eigenvalue weighted by Crippen LogP contribution is 2.47. The summed E-state index contributed by atoms with van der Waals surface area (Å²) >= 11 is 3.72. The molecule has 1 unspecified atom stereocenters. The van der Waals surface area contributed by atoms with E-state index in [9.17, 15) is 9.59 Å². The molecule has 3 aromatic carbocycles. The average molecular weight is 507 g/mol. The first-order chi connectivity index (χ1) is 16.1. The Morgan fingerprint density at radius 1 is 0.848 bits per heavy atom. The zero-order valence-corrected chi connectivity index (χ0v) is 19.9. The SMILES string of the molecule is CCOC(=O)C1=C(C(=O)OCC)C(c2ccccc2)=C(Br)C(c2cccc3ccccc23)O1. The molecule has 4 rings (SSSR count). The molecule has 0 saturated heterocycles. The summed E-state index contributed by atoms with van der Waals surface area (Å²) in [5.74, 6) is -1.51. The van der Waals surface area contributed by atoms with Crippen LogP contribution in [0.25, 0.3) is 16.3 Å². The van der Waals surface area contributed by atoms with Crippen LogP contribution < -0.4 is 0 Å². The summed E-state index contributed by atoms with van der Waals surface area (Å²) in [6.45, 7) is 3.72. The lowest BCUT2D eigenvalue weighted by Gasteiger charge is -2.30. The van der Waals surface area contributed by atoms with E-state index in [4.69, 9.17) is 14.2 Å². The van der Waals surface area contributed by atoms with Crippen LogP contribution in [0, 0.1) is 0 Å². The Hall–Kier alpha value is -3.38. The summed E-state index contributed by atoms with van der Waals surface area (Å²) < 4.78 is 17.4. The van der Waals surface area contributed by atoms with Crippen LogP contribution in [0.5, 0.6) is 0 Å². The van der Waals surface area contributed by atoms with E-state index in [1.54, 1.807) is 13.8 Å². The number of esters is 2. The lowest BCUT2D eigenvalue weighted by atomic mass is 9.90. The third-order valence-corrected chi connectivity index (χ3v) is 6.10. The van der Waals surface area contributed by atoms with E-state index in [2.05, 4.69) is 15.9 Å². The van der Waals surface area contributed by atoms with Crippen molar-refractivity contribution in [3.8, 4) is 0 Å². The maximum Gasteiger partial charge on any atom is 0.374 e. The van der Waals surface area contributed by atoms with Gasteiger partial charge in [0.25, 0.3) is 0 Å². The number of carbonyl (C=O) groups is 2. The maximum atomic E-state index is 13.1. The van der Waals surface area contributed by atoms with E-state index in [-0.39, 0.29) is 24.5 Å². The molecule has 1 aliphatic heterocycles. The topological polar surface area (TPSA) is 61.8 Å². The number of halogens is 1. The highest BCUT2D eigenvalue weighted by atomic mass is 79.9. The lowest BCUT2D eigenvalue weighted by Crippen LogP contribution is -2.25. The summed E-state index contributed by atoms with van der Waals surface area (Å²) in [6.07, 6.45) is -0.663. The van der Waals surface area contributed by atoms with Gasteiger partial charge in [0.05, 0.1) is 13.2 Å². The van der Waals surface area contributed by atoms with E-state index in [0.29, 0.717) is 10.1 Å². The monoisotopic (exact) mass is 506 g/mol. The van der Waals surface area contributed by atoms with Crippen molar-refractivity contribution >= 4 is 44.2 Å². The Balaban J connectivity index is 1.99. The summed E-state index contributed by atoms with van der Waals surface area (Å²) in [7, 11) is 0. The van der Waals surface area contributed by atoms with Crippen LogP contribution in [0.2, 0.25) is 0 Å². The molecule has 0 spiro atoms. The molecule has 1 atom stereocenters. The summed E-state index contributed by atoms with van der Waals surface area (Å²) in [6, 6.07) is 23.3. The van der Waals surface area contributed by atoms with Crippen LogP contribution in [0.4, 0.5) is 0 Å². The van der Waals surface area contributed by atoms with Crippen molar-refractivity contribution in [2.45, 2.75) is 20.0 Å². The zero-order valence-electron chi connectivity index (χ0n) is 18.3. The molecular formula is C27H23BrO5. The zero-order chi connectivity index (χ0) is 23.4. The molecule has 5 nitrogen and oxygen atoms in total. The summed E-state index contributed by atoms with van der Waals surface area (Å²) in [5.41, 5.74) is 2.20. The van der Waals surface area contributed by atoms with Crippen LogP contribution in [0.15, 0.2) is 88.6 Å². The van der Waals surface area contributed by atoms with Gasteiger partial charge in [0, 0.05) is 15.6 Å². The molecule has 3 aromatic rings. The van der Waals surface area contributed by atoms with Crippen molar-refractivity contribution in [1.29, 1.82) is 0 Å². The van der Waals surface area contributed by atoms with Crippen molar-refractivity contribution in [1.82, 2.24) is 0 Å². The molecule has 0 saturated carbocycles. The quantitative estimate of drug-likeness (QED) is 0.378. The average Bonchev–Trinajstić information content (AvgIpc) is 2.84. The molecule has 0 amide bonds. The summed E-state index contributed by atoms with van der Waals surface area (Å²) in [4.78, 5) is 26.1. The largest absolute Gasteiger partial charge is 0.472 e. The van der Waals surface area contributed by atoms with E-state index >= 15 is 0 Å². The van der Waals surface area contributed by atoms with Crippen molar-refractivity contribution in [2.75, 3.05) is 13.2 Å². The molecule has 6 heteroatoms. The van der Waals surface area contributed by atoms with E-state index < -0.39 is 18.0 Å². The van der Waals surface area contributed by atoms with Gasteiger partial charge >= 0.3 is 11.9 Å². The second kappa shape index (κ2) is 10.0. The molecule has 0 radical (unpaired) electrons. The van der Waals surface area contributed by atoms with E-state index in [1.807, 2.05) is 72.8 Å². The van der Waals surface area contributed by atoms with Gasteiger partial charge in [-0.2, -0.15) is 0 Å². The minimum absolute atomic E-state index is 0.0462. The fraction of sp³-hybridized carbons (Fsp3) is 0.185. The molecule has 168 valence electrons. The molecule has 33 heavy (non-hydrogen) atoms. The fourth-order valence-electron chi connectivity index (χ4n) is 3.90. The van der Waals surface area contributed by atoms with Gasteiger partial charge in [-0.1, -0.05) is 88.7 Å². The Kier molecular flexibility index (Phi) is 6.94. The number of carbonyl (C=O) groups excluding carboxylic acids is 2. The maximum absolute atomic E-state index is 13.1. The molecule has 0 bridgehead atoms. The number of fused-ring (bicyclic) bond motifs is 1. The third kappa shape index (κ3) is 4.44. The van der Waals surface area contributed by atoms with Crippen molar-refractivity contribution in [2.24, 2.45) is 0 Å². The third-order valence-electron chi connectivity index (χ3n) is 5.29. The van der Waals surface area contributed by atoms with Crippen LogP contribution >= 0.6 is 15.9 Å². The van der Waals surface area contributed by atoms with Gasteiger partial charge in [-0.15, -0.1) is 0 Å².